The van der Waals surface area contributed by atoms with Gasteiger partial charge in [0.15, 0.2) is 0 Å². The number of hydrogen-bond acceptors (Lipinski definition) is 0. The Morgan fingerprint density at radius 2 is 1.56 bits per heavy atom. The number of halogens is 3. The highest BCUT2D eigenvalue weighted by Gasteiger charge is 2.38. The lowest BCUT2D eigenvalue weighted by molar-refractivity contribution is -0.177. The summed E-state index contributed by atoms with van der Waals surface area (Å²) >= 11 is 0. The third-order valence-electron chi connectivity index (χ3n) is 3.12. The van der Waals surface area contributed by atoms with Crippen molar-refractivity contribution in [2.24, 2.45) is 11.3 Å². The van der Waals surface area contributed by atoms with Gasteiger partial charge in [-0.05, 0) is 18.3 Å². The highest BCUT2D eigenvalue weighted by Crippen LogP contribution is 2.38. The maximum Gasteiger partial charge on any atom is 0.391 e. The van der Waals surface area contributed by atoms with Gasteiger partial charge in [0.25, 0.3) is 0 Å². The minimum Gasteiger partial charge on any atom is -0.171 e. The van der Waals surface area contributed by atoms with Gasteiger partial charge in [0.05, 0.1) is 5.92 Å². The topological polar surface area (TPSA) is 0 Å². The lowest BCUT2D eigenvalue weighted by Gasteiger charge is -2.29. The average molecular weight is 238 g/mol. The fourth-order valence-electron chi connectivity index (χ4n) is 2.08. The van der Waals surface area contributed by atoms with Crippen LogP contribution in [0.5, 0.6) is 0 Å². The van der Waals surface area contributed by atoms with E-state index >= 15 is 0 Å². The highest BCUT2D eigenvalue weighted by atomic mass is 19.4. The molecule has 0 fully saturated rings. The second kappa shape index (κ2) is 6.51. The molecule has 0 spiro atoms. The molecule has 0 N–H and O–H groups in total. The van der Waals surface area contributed by atoms with Crippen molar-refractivity contribution in [2.45, 2.75) is 72.4 Å². The quantitative estimate of drug-likeness (QED) is 0.508. The fraction of sp³-hybridized carbons (Fsp3) is 1.00. The van der Waals surface area contributed by atoms with Crippen molar-refractivity contribution in [3.63, 3.8) is 0 Å². The average Bonchev–Trinajstić information content (AvgIpc) is 2.10. The molecule has 0 aliphatic carbocycles. The van der Waals surface area contributed by atoms with Crippen molar-refractivity contribution in [1.82, 2.24) is 0 Å². The molecule has 0 aliphatic rings. The van der Waals surface area contributed by atoms with Crippen LogP contribution in [0.2, 0.25) is 0 Å². The standard InChI is InChI=1S/C13H25F3/c1-5-6-7-8-9-12(3,4)10-11(2)13(14,15)16/h11H,5-10H2,1-4H3. The van der Waals surface area contributed by atoms with Gasteiger partial charge in [-0.1, -0.05) is 53.4 Å². The monoisotopic (exact) mass is 238 g/mol. The van der Waals surface area contributed by atoms with Crippen molar-refractivity contribution < 1.29 is 13.2 Å². The molecule has 0 aromatic rings. The van der Waals surface area contributed by atoms with Gasteiger partial charge in [0.1, 0.15) is 0 Å². The molecule has 1 atom stereocenters. The third kappa shape index (κ3) is 7.13. The minimum atomic E-state index is -4.04. The van der Waals surface area contributed by atoms with E-state index in [9.17, 15) is 13.2 Å². The maximum atomic E-state index is 12.4. The predicted molar refractivity (Wildman–Crippen MR) is 62.4 cm³/mol. The first-order chi connectivity index (χ1) is 7.19. The normalized spacial score (nSPS) is 15.2. The maximum absolute atomic E-state index is 12.4. The fourth-order valence-corrected chi connectivity index (χ4v) is 2.08. The minimum absolute atomic E-state index is 0.192. The summed E-state index contributed by atoms with van der Waals surface area (Å²) in [6.45, 7) is 7.31. The van der Waals surface area contributed by atoms with E-state index in [1.54, 1.807) is 0 Å². The summed E-state index contributed by atoms with van der Waals surface area (Å²) in [5, 5.41) is 0. The van der Waals surface area contributed by atoms with Gasteiger partial charge in [-0.3, -0.25) is 0 Å². The summed E-state index contributed by atoms with van der Waals surface area (Å²) in [6.07, 6.45) is 1.63. The Morgan fingerprint density at radius 3 is 2.00 bits per heavy atom. The van der Waals surface area contributed by atoms with Crippen LogP contribution in [0.15, 0.2) is 0 Å². The smallest absolute Gasteiger partial charge is 0.171 e. The molecule has 0 aromatic carbocycles. The predicted octanol–water partition coefficient (Wildman–Crippen LogP) is 5.57. The van der Waals surface area contributed by atoms with E-state index in [4.69, 9.17) is 0 Å². The summed E-state index contributed by atoms with van der Waals surface area (Å²) in [6, 6.07) is 0. The molecule has 16 heavy (non-hydrogen) atoms. The van der Waals surface area contributed by atoms with E-state index in [0.717, 1.165) is 19.3 Å². The number of hydrogen-bond donors (Lipinski definition) is 0. The molecule has 0 nitrogen and oxygen atoms in total. The summed E-state index contributed by atoms with van der Waals surface area (Å²) in [4.78, 5) is 0. The zero-order valence-corrected chi connectivity index (χ0v) is 11.0. The van der Waals surface area contributed by atoms with Gasteiger partial charge >= 0.3 is 6.18 Å². The molecule has 1 unspecified atom stereocenters. The summed E-state index contributed by atoms with van der Waals surface area (Å²) in [7, 11) is 0. The Morgan fingerprint density at radius 1 is 1.00 bits per heavy atom. The van der Waals surface area contributed by atoms with E-state index in [2.05, 4.69) is 6.92 Å². The van der Waals surface area contributed by atoms with Crippen molar-refractivity contribution in [3.05, 3.63) is 0 Å². The van der Waals surface area contributed by atoms with Crippen LogP contribution in [0.3, 0.4) is 0 Å². The molecular weight excluding hydrogens is 213 g/mol. The van der Waals surface area contributed by atoms with E-state index in [-0.39, 0.29) is 11.8 Å². The van der Waals surface area contributed by atoms with E-state index in [1.807, 2.05) is 13.8 Å². The van der Waals surface area contributed by atoms with Gasteiger partial charge in [-0.25, -0.2) is 0 Å². The second-order valence-electron chi connectivity index (χ2n) is 5.62. The van der Waals surface area contributed by atoms with Crippen molar-refractivity contribution in [2.75, 3.05) is 0 Å². The molecule has 3 heteroatoms. The third-order valence-corrected chi connectivity index (χ3v) is 3.12. The molecule has 0 saturated heterocycles. The van der Waals surface area contributed by atoms with Gasteiger partial charge in [0.2, 0.25) is 0 Å². The van der Waals surface area contributed by atoms with Crippen molar-refractivity contribution in [1.29, 1.82) is 0 Å². The molecule has 0 aliphatic heterocycles. The summed E-state index contributed by atoms with van der Waals surface area (Å²) in [5.41, 5.74) is -0.192. The molecular formula is C13H25F3. The zero-order valence-electron chi connectivity index (χ0n) is 11.0. The molecule has 0 aromatic heterocycles. The first-order valence-electron chi connectivity index (χ1n) is 6.26. The first kappa shape index (κ1) is 15.8. The first-order valence-corrected chi connectivity index (χ1v) is 6.26. The van der Waals surface area contributed by atoms with Crippen LogP contribution in [0.1, 0.15) is 66.2 Å². The number of alkyl halides is 3. The summed E-state index contributed by atoms with van der Waals surface area (Å²) < 4.78 is 37.3. The Balaban J connectivity index is 3.94. The largest absolute Gasteiger partial charge is 0.391 e. The molecule has 0 radical (unpaired) electrons. The van der Waals surface area contributed by atoms with Crippen LogP contribution in [0, 0.1) is 11.3 Å². The highest BCUT2D eigenvalue weighted by molar-refractivity contribution is 4.75. The van der Waals surface area contributed by atoms with E-state index in [1.165, 1.54) is 19.8 Å². The van der Waals surface area contributed by atoms with E-state index < -0.39 is 12.1 Å². The Labute approximate surface area is 97.6 Å². The Hall–Kier alpha value is -0.210. The Kier molecular flexibility index (Phi) is 6.42. The lowest BCUT2D eigenvalue weighted by atomic mass is 9.79. The van der Waals surface area contributed by atoms with Crippen LogP contribution in [0.4, 0.5) is 13.2 Å². The lowest BCUT2D eigenvalue weighted by Crippen LogP contribution is -2.26. The molecule has 0 heterocycles. The van der Waals surface area contributed by atoms with Crippen LogP contribution >= 0.6 is 0 Å². The van der Waals surface area contributed by atoms with Crippen molar-refractivity contribution in [3.8, 4) is 0 Å². The van der Waals surface area contributed by atoms with Crippen molar-refractivity contribution >= 4 is 0 Å². The van der Waals surface area contributed by atoms with Gasteiger partial charge in [-0.2, -0.15) is 13.2 Å². The SMILES string of the molecule is CCCCCCC(C)(C)CC(C)C(F)(F)F. The number of unbranched alkanes of at least 4 members (excludes halogenated alkanes) is 3. The second-order valence-corrected chi connectivity index (χ2v) is 5.62. The van der Waals surface area contributed by atoms with Gasteiger partial charge < -0.3 is 0 Å². The van der Waals surface area contributed by atoms with Crippen LogP contribution in [-0.4, -0.2) is 6.18 Å². The molecule has 0 saturated carbocycles. The van der Waals surface area contributed by atoms with Crippen LogP contribution in [0.25, 0.3) is 0 Å². The van der Waals surface area contributed by atoms with Crippen LogP contribution in [-0.2, 0) is 0 Å². The van der Waals surface area contributed by atoms with Gasteiger partial charge in [-0.15, -0.1) is 0 Å². The zero-order chi connectivity index (χ0) is 12.8. The Bertz CT molecular complexity index is 182. The van der Waals surface area contributed by atoms with E-state index in [0.29, 0.717) is 0 Å². The summed E-state index contributed by atoms with van der Waals surface area (Å²) in [5.74, 6) is -1.19. The molecule has 98 valence electrons. The molecule has 0 bridgehead atoms. The number of rotatable bonds is 7. The van der Waals surface area contributed by atoms with Crippen LogP contribution < -0.4 is 0 Å². The molecule has 0 amide bonds. The van der Waals surface area contributed by atoms with Gasteiger partial charge in [0, 0.05) is 0 Å². The molecule has 0 rings (SSSR count).